The summed E-state index contributed by atoms with van der Waals surface area (Å²) in [6, 6.07) is 1.06. The maximum Gasteiger partial charge on any atom is 0.574 e. The zero-order valence-corrected chi connectivity index (χ0v) is 8.06. The summed E-state index contributed by atoms with van der Waals surface area (Å²) < 4.78 is 43.5. The van der Waals surface area contributed by atoms with Crippen LogP contribution < -0.4 is 9.47 Å². The van der Waals surface area contributed by atoms with Gasteiger partial charge in [0.05, 0.1) is 12.1 Å². The average molecular weight is 244 g/mol. The zero-order valence-electron chi connectivity index (χ0n) is 7.30. The first-order valence-corrected chi connectivity index (χ1v) is 3.90. The summed E-state index contributed by atoms with van der Waals surface area (Å²) in [6.07, 6.45) is -4.96. The number of halogens is 4. The molecule has 0 aromatic carbocycles. The lowest BCUT2D eigenvalue weighted by atomic mass is 10.4. The standard InChI is InChI=1S/C7H5ClF3NO3/c1-14-4-2-3(8)5(13)6(12-4)15-7(9,10)11/h2,13H,1H3. The SMILES string of the molecule is COc1cc(Cl)c(O)c(OC(F)(F)F)n1. The minimum absolute atomic E-state index is 0.197. The predicted octanol–water partition coefficient (Wildman–Crippen LogP) is 2.35. The maximum absolute atomic E-state index is 11.8. The highest BCUT2D eigenvalue weighted by atomic mass is 35.5. The van der Waals surface area contributed by atoms with Gasteiger partial charge in [-0.3, -0.25) is 0 Å². The Labute approximate surface area is 87.2 Å². The van der Waals surface area contributed by atoms with Crippen LogP contribution in [-0.2, 0) is 0 Å². The lowest BCUT2D eigenvalue weighted by Gasteiger charge is -2.10. The molecule has 0 saturated carbocycles. The minimum Gasteiger partial charge on any atom is -0.502 e. The molecule has 0 atom stereocenters. The highest BCUT2D eigenvalue weighted by Crippen LogP contribution is 2.37. The second-order valence-electron chi connectivity index (χ2n) is 2.35. The summed E-state index contributed by atoms with van der Waals surface area (Å²) >= 11 is 5.41. The Bertz CT molecular complexity index is 369. The number of nitrogens with zero attached hydrogens (tertiary/aromatic N) is 1. The number of pyridine rings is 1. The molecule has 0 aliphatic heterocycles. The highest BCUT2D eigenvalue weighted by molar-refractivity contribution is 6.32. The van der Waals surface area contributed by atoms with Crippen LogP contribution in [0.5, 0.6) is 17.5 Å². The van der Waals surface area contributed by atoms with E-state index in [0.717, 1.165) is 6.07 Å². The van der Waals surface area contributed by atoms with Crippen molar-refractivity contribution in [3.63, 3.8) is 0 Å². The third-order valence-electron chi connectivity index (χ3n) is 1.31. The Hall–Kier alpha value is -1.37. The van der Waals surface area contributed by atoms with Crippen LogP contribution in [0.25, 0.3) is 0 Å². The first-order chi connectivity index (χ1) is 6.83. The molecule has 1 N–H and O–H groups in total. The van der Waals surface area contributed by atoms with Crippen molar-refractivity contribution in [1.82, 2.24) is 4.98 Å². The van der Waals surface area contributed by atoms with Gasteiger partial charge in [0.25, 0.3) is 5.88 Å². The fourth-order valence-electron chi connectivity index (χ4n) is 0.750. The van der Waals surface area contributed by atoms with Crippen molar-refractivity contribution in [2.45, 2.75) is 6.36 Å². The van der Waals surface area contributed by atoms with E-state index in [9.17, 15) is 13.2 Å². The molecule has 0 unspecified atom stereocenters. The van der Waals surface area contributed by atoms with E-state index in [1.165, 1.54) is 7.11 Å². The largest absolute Gasteiger partial charge is 0.574 e. The van der Waals surface area contributed by atoms with Crippen molar-refractivity contribution in [3.8, 4) is 17.5 Å². The molecule has 8 heteroatoms. The Morgan fingerprint density at radius 2 is 2.07 bits per heavy atom. The fourth-order valence-corrected chi connectivity index (χ4v) is 0.924. The Kier molecular flexibility index (Phi) is 3.13. The van der Waals surface area contributed by atoms with E-state index >= 15 is 0 Å². The molecule has 0 fully saturated rings. The molecular formula is C7H5ClF3NO3. The molecule has 0 bridgehead atoms. The number of rotatable bonds is 2. The van der Waals surface area contributed by atoms with Crippen LogP contribution >= 0.6 is 11.6 Å². The van der Waals surface area contributed by atoms with Gasteiger partial charge < -0.3 is 14.6 Å². The molecule has 4 nitrogen and oxygen atoms in total. The fraction of sp³-hybridized carbons (Fsp3) is 0.286. The molecule has 1 rings (SSSR count). The van der Waals surface area contributed by atoms with Crippen molar-refractivity contribution in [2.75, 3.05) is 7.11 Å². The number of hydrogen-bond acceptors (Lipinski definition) is 4. The molecule has 0 amide bonds. The highest BCUT2D eigenvalue weighted by Gasteiger charge is 2.34. The smallest absolute Gasteiger partial charge is 0.502 e. The maximum atomic E-state index is 11.8. The second kappa shape index (κ2) is 4.01. The van der Waals surface area contributed by atoms with Gasteiger partial charge in [-0.15, -0.1) is 13.2 Å². The van der Waals surface area contributed by atoms with E-state index < -0.39 is 18.0 Å². The van der Waals surface area contributed by atoms with Crippen molar-refractivity contribution >= 4 is 11.6 Å². The lowest BCUT2D eigenvalue weighted by Crippen LogP contribution is -2.18. The molecule has 0 radical (unpaired) electrons. The minimum atomic E-state index is -4.96. The van der Waals surface area contributed by atoms with Gasteiger partial charge in [0, 0.05) is 6.07 Å². The van der Waals surface area contributed by atoms with Crippen LogP contribution in [0.15, 0.2) is 6.07 Å². The lowest BCUT2D eigenvalue weighted by molar-refractivity contribution is -0.276. The molecule has 0 aliphatic carbocycles. The van der Waals surface area contributed by atoms with Crippen molar-refractivity contribution in [1.29, 1.82) is 0 Å². The molecule has 0 spiro atoms. The van der Waals surface area contributed by atoms with Gasteiger partial charge in [-0.05, 0) is 0 Å². The second-order valence-corrected chi connectivity index (χ2v) is 2.76. The molecule has 1 heterocycles. The van der Waals surface area contributed by atoms with E-state index in [1.807, 2.05) is 0 Å². The molecule has 1 aromatic rings. The average Bonchev–Trinajstić information content (AvgIpc) is 2.10. The van der Waals surface area contributed by atoms with Gasteiger partial charge >= 0.3 is 6.36 Å². The van der Waals surface area contributed by atoms with Crippen molar-refractivity contribution < 1.29 is 27.8 Å². The van der Waals surface area contributed by atoms with Gasteiger partial charge in [0.2, 0.25) is 5.88 Å². The van der Waals surface area contributed by atoms with Gasteiger partial charge in [-0.25, -0.2) is 0 Å². The topological polar surface area (TPSA) is 51.6 Å². The van der Waals surface area contributed by atoms with E-state index in [4.69, 9.17) is 16.7 Å². The van der Waals surface area contributed by atoms with Crippen molar-refractivity contribution in [3.05, 3.63) is 11.1 Å². The normalized spacial score (nSPS) is 11.3. The summed E-state index contributed by atoms with van der Waals surface area (Å²) in [5.74, 6) is -2.14. The number of aromatic nitrogens is 1. The number of ether oxygens (including phenoxy) is 2. The van der Waals surface area contributed by atoms with Gasteiger partial charge in [0.1, 0.15) is 0 Å². The van der Waals surface area contributed by atoms with Crippen LogP contribution in [0.4, 0.5) is 13.2 Å². The van der Waals surface area contributed by atoms with E-state index in [-0.39, 0.29) is 10.9 Å². The summed E-state index contributed by atoms with van der Waals surface area (Å²) in [5, 5.41) is 8.76. The molecule has 0 saturated heterocycles. The van der Waals surface area contributed by atoms with E-state index in [1.54, 1.807) is 0 Å². The van der Waals surface area contributed by atoms with Crippen molar-refractivity contribution in [2.24, 2.45) is 0 Å². The summed E-state index contributed by atoms with van der Waals surface area (Å²) in [7, 11) is 1.19. The molecule has 1 aromatic heterocycles. The van der Waals surface area contributed by atoms with Crippen LogP contribution in [0.2, 0.25) is 5.02 Å². The van der Waals surface area contributed by atoms with Crippen LogP contribution in [0.3, 0.4) is 0 Å². The number of alkyl halides is 3. The van der Waals surface area contributed by atoms with Crippen LogP contribution in [0, 0.1) is 0 Å². The van der Waals surface area contributed by atoms with Crippen LogP contribution in [-0.4, -0.2) is 23.6 Å². The van der Waals surface area contributed by atoms with Crippen LogP contribution in [0.1, 0.15) is 0 Å². The third-order valence-corrected chi connectivity index (χ3v) is 1.60. The number of hydrogen-bond donors (Lipinski definition) is 1. The quantitative estimate of drug-likeness (QED) is 0.866. The van der Waals surface area contributed by atoms with Gasteiger partial charge in [-0.2, -0.15) is 4.98 Å². The zero-order chi connectivity index (χ0) is 11.6. The monoisotopic (exact) mass is 243 g/mol. The Balaban J connectivity index is 3.11. The first-order valence-electron chi connectivity index (χ1n) is 3.52. The molecule has 15 heavy (non-hydrogen) atoms. The Morgan fingerprint density at radius 3 is 2.53 bits per heavy atom. The van der Waals surface area contributed by atoms with E-state index in [2.05, 4.69) is 14.5 Å². The van der Waals surface area contributed by atoms with Gasteiger partial charge in [-0.1, -0.05) is 11.6 Å². The third kappa shape index (κ3) is 3.05. The summed E-state index contributed by atoms with van der Waals surface area (Å²) in [5.41, 5.74) is 0. The van der Waals surface area contributed by atoms with E-state index in [0.29, 0.717) is 0 Å². The molecule has 0 aliphatic rings. The molecular weight excluding hydrogens is 239 g/mol. The summed E-state index contributed by atoms with van der Waals surface area (Å²) in [6.45, 7) is 0. The first kappa shape index (κ1) is 11.7. The van der Waals surface area contributed by atoms with Gasteiger partial charge in [0.15, 0.2) is 5.75 Å². The molecule has 84 valence electrons. The number of methoxy groups -OCH3 is 1. The summed E-state index contributed by atoms with van der Waals surface area (Å²) in [4.78, 5) is 3.24. The predicted molar refractivity (Wildman–Crippen MR) is 44.1 cm³/mol. The Morgan fingerprint density at radius 1 is 1.47 bits per heavy atom. The number of aromatic hydroxyl groups is 1.